The molecule has 1 amide bonds. The zero-order chi connectivity index (χ0) is 12.0. The maximum Gasteiger partial charge on any atom is 0.256 e. The molecule has 0 bridgehead atoms. The van der Waals surface area contributed by atoms with Crippen LogP contribution in [0.15, 0.2) is 23.3 Å². The molecule has 88 valence electrons. The third-order valence-electron chi connectivity index (χ3n) is 2.31. The van der Waals surface area contributed by atoms with Gasteiger partial charge in [0.05, 0.1) is 0 Å². The normalized spacial score (nSPS) is 10.4. The van der Waals surface area contributed by atoms with Crippen LogP contribution >= 0.6 is 0 Å². The van der Waals surface area contributed by atoms with Crippen molar-refractivity contribution in [1.29, 1.82) is 0 Å². The van der Waals surface area contributed by atoms with Gasteiger partial charge in [0.2, 0.25) is 0 Å². The van der Waals surface area contributed by atoms with Gasteiger partial charge in [-0.05, 0) is 18.8 Å². The van der Waals surface area contributed by atoms with Gasteiger partial charge in [0.1, 0.15) is 5.56 Å². The van der Waals surface area contributed by atoms with Gasteiger partial charge in [-0.25, -0.2) is 0 Å². The van der Waals surface area contributed by atoms with Crippen molar-refractivity contribution in [1.82, 2.24) is 10.3 Å². The number of nitrogens with one attached hydrogen (secondary N) is 2. The van der Waals surface area contributed by atoms with Crippen LogP contribution in [0, 0.1) is 5.92 Å². The largest absolute Gasteiger partial charge is 0.367 e. The predicted molar refractivity (Wildman–Crippen MR) is 63.5 cm³/mol. The number of hydrogen-bond acceptors (Lipinski definition) is 2. The number of rotatable bonds is 5. The summed E-state index contributed by atoms with van der Waals surface area (Å²) in [5, 5.41) is 2.74. The fourth-order valence-corrected chi connectivity index (χ4v) is 1.40. The molecular formula is C12H18N2O2. The van der Waals surface area contributed by atoms with Gasteiger partial charge in [-0.3, -0.25) is 9.59 Å². The van der Waals surface area contributed by atoms with E-state index >= 15 is 0 Å². The zero-order valence-electron chi connectivity index (χ0n) is 9.75. The van der Waals surface area contributed by atoms with Crippen molar-refractivity contribution in [3.63, 3.8) is 0 Å². The lowest BCUT2D eigenvalue weighted by atomic mass is 10.1. The number of H-pyrrole nitrogens is 1. The van der Waals surface area contributed by atoms with Gasteiger partial charge in [-0.1, -0.05) is 13.8 Å². The molecule has 4 heteroatoms. The fraction of sp³-hybridized carbons (Fsp3) is 0.500. The fourth-order valence-electron chi connectivity index (χ4n) is 1.40. The summed E-state index contributed by atoms with van der Waals surface area (Å²) in [5.41, 5.74) is -0.0767. The summed E-state index contributed by atoms with van der Waals surface area (Å²) in [6, 6.07) is 1.35. The van der Waals surface area contributed by atoms with E-state index in [-0.39, 0.29) is 16.9 Å². The second-order valence-corrected chi connectivity index (χ2v) is 4.21. The van der Waals surface area contributed by atoms with Crippen LogP contribution in [0.5, 0.6) is 0 Å². The third kappa shape index (κ3) is 3.88. The van der Waals surface area contributed by atoms with Gasteiger partial charge in [0, 0.05) is 25.0 Å². The molecule has 4 nitrogen and oxygen atoms in total. The molecule has 0 aromatic carbocycles. The first-order valence-corrected chi connectivity index (χ1v) is 5.56. The Balaban J connectivity index is 2.42. The average Bonchev–Trinajstić information content (AvgIpc) is 2.24. The zero-order valence-corrected chi connectivity index (χ0v) is 9.75. The van der Waals surface area contributed by atoms with E-state index in [1.54, 1.807) is 0 Å². The van der Waals surface area contributed by atoms with E-state index in [9.17, 15) is 9.59 Å². The molecule has 0 spiro atoms. The minimum Gasteiger partial charge on any atom is -0.367 e. The number of carbonyl (C=O) groups is 1. The molecule has 0 aliphatic heterocycles. The standard InChI is InChI=1S/C12H18N2O2/c1-9(2)4-3-6-14-12(16)10-8-13-7-5-11(10)15/h5,7-9H,3-4,6H2,1-2H3,(H,13,15)(H,14,16). The molecule has 0 fully saturated rings. The van der Waals surface area contributed by atoms with E-state index in [0.29, 0.717) is 12.5 Å². The number of hydrogen-bond donors (Lipinski definition) is 2. The van der Waals surface area contributed by atoms with Crippen molar-refractivity contribution in [2.24, 2.45) is 5.92 Å². The van der Waals surface area contributed by atoms with E-state index in [4.69, 9.17) is 0 Å². The first-order chi connectivity index (χ1) is 7.61. The van der Waals surface area contributed by atoms with Crippen LogP contribution < -0.4 is 10.7 Å². The lowest BCUT2D eigenvalue weighted by Crippen LogP contribution is -2.29. The summed E-state index contributed by atoms with van der Waals surface area (Å²) in [6.07, 6.45) is 4.96. The second-order valence-electron chi connectivity index (χ2n) is 4.21. The summed E-state index contributed by atoms with van der Waals surface area (Å²) >= 11 is 0. The van der Waals surface area contributed by atoms with Gasteiger partial charge >= 0.3 is 0 Å². The molecule has 0 saturated heterocycles. The van der Waals surface area contributed by atoms with Crippen LogP contribution in [0.2, 0.25) is 0 Å². The van der Waals surface area contributed by atoms with Gasteiger partial charge in [0.15, 0.2) is 5.43 Å². The van der Waals surface area contributed by atoms with E-state index in [1.165, 1.54) is 18.5 Å². The highest BCUT2D eigenvalue weighted by molar-refractivity contribution is 5.93. The first kappa shape index (κ1) is 12.5. The van der Waals surface area contributed by atoms with Crippen molar-refractivity contribution in [2.45, 2.75) is 26.7 Å². The van der Waals surface area contributed by atoms with Crippen LogP contribution in [-0.4, -0.2) is 17.4 Å². The molecule has 0 radical (unpaired) electrons. The molecule has 0 unspecified atom stereocenters. The van der Waals surface area contributed by atoms with E-state index in [2.05, 4.69) is 24.1 Å². The Labute approximate surface area is 95.1 Å². The molecule has 0 atom stereocenters. The SMILES string of the molecule is CC(C)CCCNC(=O)c1c[nH]ccc1=O. The Bertz CT molecular complexity index is 396. The lowest BCUT2D eigenvalue weighted by molar-refractivity contribution is 0.0951. The van der Waals surface area contributed by atoms with Crippen molar-refractivity contribution in [2.75, 3.05) is 6.54 Å². The predicted octanol–water partition coefficient (Wildman–Crippen LogP) is 1.54. The van der Waals surface area contributed by atoms with Crippen LogP contribution in [0.3, 0.4) is 0 Å². The highest BCUT2D eigenvalue weighted by atomic mass is 16.2. The van der Waals surface area contributed by atoms with Crippen molar-refractivity contribution >= 4 is 5.91 Å². The maximum atomic E-state index is 11.6. The van der Waals surface area contributed by atoms with E-state index < -0.39 is 0 Å². The maximum absolute atomic E-state index is 11.6. The van der Waals surface area contributed by atoms with Gasteiger partial charge in [-0.15, -0.1) is 0 Å². The van der Waals surface area contributed by atoms with Crippen LogP contribution in [0.25, 0.3) is 0 Å². The van der Waals surface area contributed by atoms with Crippen LogP contribution in [-0.2, 0) is 0 Å². The Morgan fingerprint density at radius 2 is 2.25 bits per heavy atom. The first-order valence-electron chi connectivity index (χ1n) is 5.56. The molecule has 0 aliphatic rings. The molecular weight excluding hydrogens is 204 g/mol. The van der Waals surface area contributed by atoms with Crippen LogP contribution in [0.1, 0.15) is 37.0 Å². The summed E-state index contributed by atoms with van der Waals surface area (Å²) in [5.74, 6) is 0.336. The third-order valence-corrected chi connectivity index (χ3v) is 2.31. The monoisotopic (exact) mass is 222 g/mol. The van der Waals surface area contributed by atoms with E-state index in [1.807, 2.05) is 0 Å². The molecule has 0 saturated carbocycles. The highest BCUT2D eigenvalue weighted by Gasteiger charge is 2.08. The summed E-state index contributed by atoms with van der Waals surface area (Å²) in [4.78, 5) is 25.6. The lowest BCUT2D eigenvalue weighted by Gasteiger charge is -2.06. The molecule has 1 rings (SSSR count). The Kier molecular flexibility index (Phi) is 4.76. The molecule has 1 heterocycles. The average molecular weight is 222 g/mol. The minimum atomic E-state index is -0.300. The number of aromatic nitrogens is 1. The number of aromatic amines is 1. The summed E-state index contributed by atoms with van der Waals surface area (Å²) in [6.45, 7) is 4.90. The number of carbonyl (C=O) groups excluding carboxylic acids is 1. The van der Waals surface area contributed by atoms with E-state index in [0.717, 1.165) is 12.8 Å². The quantitative estimate of drug-likeness (QED) is 0.742. The molecule has 16 heavy (non-hydrogen) atoms. The number of amides is 1. The Hall–Kier alpha value is -1.58. The summed E-state index contributed by atoms with van der Waals surface area (Å²) < 4.78 is 0. The second kappa shape index (κ2) is 6.10. The molecule has 1 aromatic rings. The highest BCUT2D eigenvalue weighted by Crippen LogP contribution is 2.01. The minimum absolute atomic E-state index is 0.173. The molecule has 1 aromatic heterocycles. The van der Waals surface area contributed by atoms with Gasteiger partial charge in [-0.2, -0.15) is 0 Å². The molecule has 2 N–H and O–H groups in total. The smallest absolute Gasteiger partial charge is 0.256 e. The molecule has 0 aliphatic carbocycles. The Morgan fingerprint density at radius 1 is 1.50 bits per heavy atom. The van der Waals surface area contributed by atoms with Crippen LogP contribution in [0.4, 0.5) is 0 Å². The summed E-state index contributed by atoms with van der Waals surface area (Å²) in [7, 11) is 0. The number of pyridine rings is 1. The van der Waals surface area contributed by atoms with Crippen molar-refractivity contribution in [3.05, 3.63) is 34.2 Å². The van der Waals surface area contributed by atoms with Gasteiger partial charge in [0.25, 0.3) is 5.91 Å². The van der Waals surface area contributed by atoms with Gasteiger partial charge < -0.3 is 10.3 Å². The topological polar surface area (TPSA) is 62.0 Å². The van der Waals surface area contributed by atoms with Crippen molar-refractivity contribution in [3.8, 4) is 0 Å². The Morgan fingerprint density at radius 3 is 2.88 bits per heavy atom. The van der Waals surface area contributed by atoms with Crippen molar-refractivity contribution < 1.29 is 4.79 Å².